The summed E-state index contributed by atoms with van der Waals surface area (Å²) in [4.78, 5) is 0. The lowest BCUT2D eigenvalue weighted by molar-refractivity contribution is -0.613. The summed E-state index contributed by atoms with van der Waals surface area (Å²) in [5.41, 5.74) is 0.631. The second-order valence-electron chi connectivity index (χ2n) is 3.66. The van der Waals surface area contributed by atoms with E-state index >= 15 is 0 Å². The largest absolute Gasteiger partial charge is 0.618 e. The summed E-state index contributed by atoms with van der Waals surface area (Å²) >= 11 is 3.29. The Bertz CT molecular complexity index is 326. The van der Waals surface area contributed by atoms with Gasteiger partial charge in [-0.25, -0.2) is 0 Å². The molecule has 1 rings (SSSR count). The van der Waals surface area contributed by atoms with Crippen molar-refractivity contribution in [3.05, 3.63) is 27.6 Å². The highest BCUT2D eigenvalue weighted by atomic mass is 79.9. The zero-order chi connectivity index (χ0) is 10.7. The number of nitrogens with zero attached hydrogens (tertiary/aromatic N) is 1. The Hall–Kier alpha value is -0.770. The molecule has 0 unspecified atom stereocenters. The van der Waals surface area contributed by atoms with Crippen LogP contribution in [0.4, 0.5) is 0 Å². The molecule has 0 bridgehead atoms. The molecule has 0 aliphatic heterocycles. The Morgan fingerprint density at radius 2 is 2.21 bits per heavy atom. The monoisotopic (exact) mass is 259 g/mol. The maximum Gasteiger partial charge on any atom is 0.198 e. The molecule has 4 heteroatoms. The lowest BCUT2D eigenvalue weighted by atomic mass is 10.2. The molecule has 0 amide bonds. The van der Waals surface area contributed by atoms with Crippen LogP contribution >= 0.6 is 15.9 Å². The van der Waals surface area contributed by atoms with Crippen LogP contribution in [0.1, 0.15) is 19.5 Å². The maximum atomic E-state index is 11.2. The highest BCUT2D eigenvalue weighted by Crippen LogP contribution is 2.23. The number of halogens is 1. The minimum absolute atomic E-state index is 0.474. The molecule has 78 valence electrons. The van der Waals surface area contributed by atoms with Gasteiger partial charge in [-0.05, 0) is 21.8 Å². The molecule has 3 nitrogen and oxygen atoms in total. The number of hydrogen-bond donors (Lipinski definition) is 0. The van der Waals surface area contributed by atoms with Gasteiger partial charge in [-0.3, -0.25) is 0 Å². The summed E-state index contributed by atoms with van der Waals surface area (Å²) in [7, 11) is 0. The molecule has 0 radical (unpaired) electrons. The van der Waals surface area contributed by atoms with Crippen molar-refractivity contribution < 1.29 is 9.47 Å². The lowest BCUT2D eigenvalue weighted by Gasteiger charge is -2.10. The second-order valence-corrected chi connectivity index (χ2v) is 4.51. The second kappa shape index (κ2) is 4.64. The normalized spacial score (nSPS) is 10.6. The first-order chi connectivity index (χ1) is 6.50. The molecule has 0 aliphatic carbocycles. The van der Waals surface area contributed by atoms with Gasteiger partial charge >= 0.3 is 0 Å². The van der Waals surface area contributed by atoms with Gasteiger partial charge in [0.15, 0.2) is 11.9 Å². The molecule has 1 heterocycles. The van der Waals surface area contributed by atoms with Gasteiger partial charge in [-0.2, -0.15) is 4.73 Å². The smallest absolute Gasteiger partial charge is 0.198 e. The van der Waals surface area contributed by atoms with E-state index in [9.17, 15) is 5.21 Å². The molecular formula is C10H14BrNO2. The van der Waals surface area contributed by atoms with Gasteiger partial charge in [0.25, 0.3) is 0 Å². The SMILES string of the molecule is Cc1cc(OCC(C)C)c(Br)c[n+]1[O-]. The predicted octanol–water partition coefficient (Wildman–Crippen LogP) is 2.43. The third-order valence-corrected chi connectivity index (χ3v) is 2.32. The first-order valence-corrected chi connectivity index (χ1v) is 5.32. The number of rotatable bonds is 3. The summed E-state index contributed by atoms with van der Waals surface area (Å²) in [5.74, 6) is 1.20. The number of aryl methyl sites for hydroxylation is 1. The predicted molar refractivity (Wildman–Crippen MR) is 58.2 cm³/mol. The van der Waals surface area contributed by atoms with Crippen LogP contribution in [0.2, 0.25) is 0 Å². The minimum atomic E-state index is 0.474. The third kappa shape index (κ3) is 2.87. The van der Waals surface area contributed by atoms with Gasteiger partial charge in [-0.1, -0.05) is 13.8 Å². The number of ether oxygens (including phenoxy) is 1. The quantitative estimate of drug-likeness (QED) is 0.618. The van der Waals surface area contributed by atoms with E-state index in [1.165, 1.54) is 6.20 Å². The van der Waals surface area contributed by atoms with Crippen LogP contribution in [-0.4, -0.2) is 6.61 Å². The fourth-order valence-corrected chi connectivity index (χ4v) is 1.37. The van der Waals surface area contributed by atoms with E-state index in [0.29, 0.717) is 22.7 Å². The maximum absolute atomic E-state index is 11.2. The standard InChI is InChI=1S/C10H14BrNO2/c1-7(2)6-14-10-4-8(3)12(13)5-9(10)11/h4-5,7H,6H2,1-3H3. The Kier molecular flexibility index (Phi) is 3.75. The van der Waals surface area contributed by atoms with Crippen LogP contribution in [0.5, 0.6) is 5.75 Å². The fraction of sp³-hybridized carbons (Fsp3) is 0.500. The molecule has 0 N–H and O–H groups in total. The zero-order valence-corrected chi connectivity index (χ0v) is 10.2. The van der Waals surface area contributed by atoms with Gasteiger partial charge in [-0.15, -0.1) is 0 Å². The van der Waals surface area contributed by atoms with Gasteiger partial charge < -0.3 is 9.94 Å². The molecule has 0 fully saturated rings. The number of pyridine rings is 1. The first kappa shape index (κ1) is 11.3. The van der Waals surface area contributed by atoms with Crippen LogP contribution in [0.15, 0.2) is 16.7 Å². The van der Waals surface area contributed by atoms with Gasteiger partial charge in [0.05, 0.1) is 6.61 Å². The van der Waals surface area contributed by atoms with Crippen molar-refractivity contribution in [1.82, 2.24) is 0 Å². The summed E-state index contributed by atoms with van der Waals surface area (Å²) < 4.78 is 7.04. The third-order valence-electron chi connectivity index (χ3n) is 1.73. The van der Waals surface area contributed by atoms with E-state index < -0.39 is 0 Å². The van der Waals surface area contributed by atoms with Crippen molar-refractivity contribution in [1.29, 1.82) is 0 Å². The average Bonchev–Trinajstić information content (AvgIpc) is 2.09. The van der Waals surface area contributed by atoms with Crippen molar-refractivity contribution >= 4 is 15.9 Å². The summed E-state index contributed by atoms with van der Waals surface area (Å²) in [5, 5.41) is 11.2. The molecule has 0 saturated carbocycles. The minimum Gasteiger partial charge on any atom is -0.618 e. The molecule has 0 spiro atoms. The molecule has 0 aliphatic rings. The van der Waals surface area contributed by atoms with Crippen molar-refractivity contribution in [2.75, 3.05) is 6.61 Å². The highest BCUT2D eigenvalue weighted by Gasteiger charge is 2.09. The average molecular weight is 260 g/mol. The van der Waals surface area contributed by atoms with E-state index in [1.54, 1.807) is 13.0 Å². The van der Waals surface area contributed by atoms with E-state index in [2.05, 4.69) is 29.8 Å². The Morgan fingerprint density at radius 3 is 2.79 bits per heavy atom. The van der Waals surface area contributed by atoms with Crippen LogP contribution in [-0.2, 0) is 0 Å². The molecule has 0 aromatic carbocycles. The van der Waals surface area contributed by atoms with Gasteiger partial charge in [0.2, 0.25) is 0 Å². The first-order valence-electron chi connectivity index (χ1n) is 4.53. The summed E-state index contributed by atoms with van der Waals surface area (Å²) in [6, 6.07) is 1.74. The van der Waals surface area contributed by atoms with Crippen LogP contribution in [0.3, 0.4) is 0 Å². The molecule has 1 aromatic rings. The summed E-state index contributed by atoms with van der Waals surface area (Å²) in [6.07, 6.45) is 1.46. The van der Waals surface area contributed by atoms with E-state index in [0.717, 1.165) is 10.5 Å². The number of hydrogen-bond acceptors (Lipinski definition) is 2. The lowest BCUT2D eigenvalue weighted by Crippen LogP contribution is -2.29. The van der Waals surface area contributed by atoms with Crippen molar-refractivity contribution in [2.24, 2.45) is 5.92 Å². The Morgan fingerprint density at radius 1 is 1.57 bits per heavy atom. The van der Waals surface area contributed by atoms with E-state index in [-0.39, 0.29) is 0 Å². The molecule has 0 saturated heterocycles. The van der Waals surface area contributed by atoms with Crippen LogP contribution < -0.4 is 9.47 Å². The van der Waals surface area contributed by atoms with Crippen molar-refractivity contribution in [3.8, 4) is 5.75 Å². The Balaban J connectivity index is 2.82. The van der Waals surface area contributed by atoms with Crippen molar-refractivity contribution in [2.45, 2.75) is 20.8 Å². The molecular weight excluding hydrogens is 246 g/mol. The van der Waals surface area contributed by atoms with Crippen LogP contribution in [0.25, 0.3) is 0 Å². The Labute approximate surface area is 92.4 Å². The fourth-order valence-electron chi connectivity index (χ4n) is 0.958. The molecule has 0 atom stereocenters. The highest BCUT2D eigenvalue weighted by molar-refractivity contribution is 9.10. The van der Waals surface area contributed by atoms with Gasteiger partial charge in [0.1, 0.15) is 10.2 Å². The van der Waals surface area contributed by atoms with Crippen molar-refractivity contribution in [3.63, 3.8) is 0 Å². The zero-order valence-electron chi connectivity index (χ0n) is 8.58. The molecule has 1 aromatic heterocycles. The van der Waals surface area contributed by atoms with Crippen LogP contribution in [0, 0.1) is 18.0 Å². The topological polar surface area (TPSA) is 36.2 Å². The number of aromatic nitrogens is 1. The van der Waals surface area contributed by atoms with Gasteiger partial charge in [0, 0.05) is 13.0 Å². The summed E-state index contributed by atoms with van der Waals surface area (Å²) in [6.45, 7) is 6.57. The van der Waals surface area contributed by atoms with E-state index in [1.807, 2.05) is 0 Å². The molecule has 14 heavy (non-hydrogen) atoms. The van der Waals surface area contributed by atoms with E-state index in [4.69, 9.17) is 4.74 Å².